The summed E-state index contributed by atoms with van der Waals surface area (Å²) >= 11 is 6.11. The number of nitrogens with zero attached hydrogens (tertiary/aromatic N) is 2. The monoisotopic (exact) mass is 450 g/mol. The van der Waals surface area contributed by atoms with Gasteiger partial charge in [-0.3, -0.25) is 0 Å². The van der Waals surface area contributed by atoms with E-state index in [1.807, 2.05) is 26.8 Å². The van der Waals surface area contributed by atoms with Crippen LogP contribution in [0.15, 0.2) is 48.5 Å². The van der Waals surface area contributed by atoms with E-state index in [0.29, 0.717) is 28.0 Å². The van der Waals surface area contributed by atoms with Gasteiger partial charge in [0.2, 0.25) is 5.95 Å². The Morgan fingerprint density at radius 1 is 1.10 bits per heavy atom. The van der Waals surface area contributed by atoms with Gasteiger partial charge < -0.3 is 15.4 Å². The Hall–Kier alpha value is -3.00. The van der Waals surface area contributed by atoms with Crippen LogP contribution in [-0.4, -0.2) is 22.4 Å². The lowest BCUT2D eigenvalue weighted by Crippen LogP contribution is -2.17. The highest BCUT2D eigenvalue weighted by atomic mass is 35.5. The molecule has 164 valence electrons. The molecule has 3 aromatic rings. The van der Waals surface area contributed by atoms with Crippen molar-refractivity contribution in [1.29, 1.82) is 0 Å². The topological polar surface area (TPSA) is 59.1 Å². The maximum Gasteiger partial charge on any atom is 0.573 e. The zero-order valence-corrected chi connectivity index (χ0v) is 18.0. The summed E-state index contributed by atoms with van der Waals surface area (Å²) in [6, 6.07) is 12.9. The van der Waals surface area contributed by atoms with Gasteiger partial charge >= 0.3 is 6.36 Å². The maximum absolute atomic E-state index is 12.6. The van der Waals surface area contributed by atoms with E-state index in [1.54, 1.807) is 24.3 Å². The van der Waals surface area contributed by atoms with Gasteiger partial charge in [0.15, 0.2) is 0 Å². The van der Waals surface area contributed by atoms with Crippen molar-refractivity contribution in [3.8, 4) is 17.0 Å². The number of rotatable bonds is 7. The van der Waals surface area contributed by atoms with E-state index in [0.717, 1.165) is 17.7 Å². The molecular formula is C22H22ClF3N4O. The third-order valence-electron chi connectivity index (χ3n) is 4.54. The van der Waals surface area contributed by atoms with Crippen molar-refractivity contribution < 1.29 is 17.9 Å². The first-order valence-electron chi connectivity index (χ1n) is 9.68. The van der Waals surface area contributed by atoms with Crippen LogP contribution in [0.1, 0.15) is 25.8 Å². The predicted octanol–water partition coefficient (Wildman–Crippen LogP) is 6.96. The van der Waals surface area contributed by atoms with E-state index in [-0.39, 0.29) is 11.8 Å². The Bertz CT molecular complexity index is 1060. The fourth-order valence-electron chi connectivity index (χ4n) is 2.77. The number of halogens is 4. The largest absolute Gasteiger partial charge is 0.573 e. The Morgan fingerprint density at radius 2 is 1.87 bits per heavy atom. The highest BCUT2D eigenvalue weighted by Gasteiger charge is 2.31. The predicted molar refractivity (Wildman–Crippen MR) is 117 cm³/mol. The first-order chi connectivity index (χ1) is 14.6. The van der Waals surface area contributed by atoms with Gasteiger partial charge in [0.1, 0.15) is 11.6 Å². The number of anilines is 3. The molecule has 5 nitrogen and oxygen atoms in total. The lowest BCUT2D eigenvalue weighted by atomic mass is 10.1. The molecule has 0 unspecified atom stereocenters. The molecule has 31 heavy (non-hydrogen) atoms. The quantitative estimate of drug-likeness (QED) is 0.407. The second-order valence-corrected chi connectivity index (χ2v) is 7.51. The Kier molecular flexibility index (Phi) is 6.90. The number of nitrogens with one attached hydrogen (secondary N) is 2. The second-order valence-electron chi connectivity index (χ2n) is 7.08. The average molecular weight is 451 g/mol. The summed E-state index contributed by atoms with van der Waals surface area (Å²) in [6.07, 6.45) is -3.93. The third-order valence-corrected chi connectivity index (χ3v) is 4.77. The molecule has 9 heteroatoms. The molecule has 0 aliphatic heterocycles. The van der Waals surface area contributed by atoms with Crippen LogP contribution in [0.2, 0.25) is 5.02 Å². The Balaban J connectivity index is 2.01. The molecular weight excluding hydrogens is 429 g/mol. The minimum absolute atomic E-state index is 0.107. The van der Waals surface area contributed by atoms with Gasteiger partial charge in [0.25, 0.3) is 0 Å². The van der Waals surface area contributed by atoms with Crippen LogP contribution in [0.25, 0.3) is 11.3 Å². The number of ether oxygens (including phenoxy) is 1. The van der Waals surface area contributed by atoms with Crippen molar-refractivity contribution in [2.24, 2.45) is 0 Å². The number of aromatic nitrogens is 2. The van der Waals surface area contributed by atoms with Crippen molar-refractivity contribution in [3.05, 3.63) is 59.1 Å². The Morgan fingerprint density at radius 3 is 2.58 bits per heavy atom. The second kappa shape index (κ2) is 9.43. The van der Waals surface area contributed by atoms with Crippen molar-refractivity contribution in [3.63, 3.8) is 0 Å². The zero-order chi connectivity index (χ0) is 22.6. The standard InChI is InChI=1S/C22H22ClF3N4O/c1-4-14(3)27-21-29-19(15-6-5-7-17(10-15)31-22(24,25)26)12-20(30-21)28-18-11-16(23)9-8-13(18)2/h5-12,14H,4H2,1-3H3,(H2,27,28,29,30)/t14-/m1/s1. The van der Waals surface area contributed by atoms with Gasteiger partial charge in [-0.25, -0.2) is 4.98 Å². The molecule has 3 rings (SSSR count). The van der Waals surface area contributed by atoms with Crippen LogP contribution in [-0.2, 0) is 0 Å². The molecule has 0 radical (unpaired) electrons. The normalized spacial score (nSPS) is 12.4. The fourth-order valence-corrected chi connectivity index (χ4v) is 2.94. The maximum atomic E-state index is 12.6. The molecule has 0 bridgehead atoms. The lowest BCUT2D eigenvalue weighted by molar-refractivity contribution is -0.274. The molecule has 0 fully saturated rings. The minimum Gasteiger partial charge on any atom is -0.406 e. The first-order valence-corrected chi connectivity index (χ1v) is 10.1. The number of alkyl halides is 3. The zero-order valence-electron chi connectivity index (χ0n) is 17.2. The first kappa shape index (κ1) is 22.7. The van der Waals surface area contributed by atoms with E-state index in [2.05, 4.69) is 25.3 Å². The highest BCUT2D eigenvalue weighted by Crippen LogP contribution is 2.30. The van der Waals surface area contributed by atoms with Gasteiger partial charge in [0.05, 0.1) is 5.69 Å². The van der Waals surface area contributed by atoms with Crippen LogP contribution >= 0.6 is 11.6 Å². The average Bonchev–Trinajstić information content (AvgIpc) is 2.69. The molecule has 1 atom stereocenters. The van der Waals surface area contributed by atoms with Crippen LogP contribution in [0.3, 0.4) is 0 Å². The molecule has 2 aromatic carbocycles. The Labute approximate surface area is 183 Å². The summed E-state index contributed by atoms with van der Waals surface area (Å²) in [6.45, 7) is 5.94. The molecule has 1 aromatic heterocycles. The van der Waals surface area contributed by atoms with E-state index in [4.69, 9.17) is 11.6 Å². The van der Waals surface area contributed by atoms with E-state index in [9.17, 15) is 13.2 Å². The van der Waals surface area contributed by atoms with Gasteiger partial charge in [-0.15, -0.1) is 13.2 Å². The number of hydrogen-bond donors (Lipinski definition) is 2. The molecule has 0 aliphatic carbocycles. The summed E-state index contributed by atoms with van der Waals surface area (Å²) in [5, 5.41) is 7.00. The van der Waals surface area contributed by atoms with Gasteiger partial charge in [-0.1, -0.05) is 36.7 Å². The van der Waals surface area contributed by atoms with Crippen molar-refractivity contribution >= 4 is 29.1 Å². The number of aryl methyl sites for hydroxylation is 1. The molecule has 0 saturated carbocycles. The molecule has 1 heterocycles. The summed E-state index contributed by atoms with van der Waals surface area (Å²) in [4.78, 5) is 8.99. The number of hydrogen-bond acceptors (Lipinski definition) is 5. The van der Waals surface area contributed by atoms with Crippen LogP contribution < -0.4 is 15.4 Å². The van der Waals surface area contributed by atoms with E-state index >= 15 is 0 Å². The van der Waals surface area contributed by atoms with Crippen LogP contribution in [0.5, 0.6) is 5.75 Å². The summed E-state index contributed by atoms with van der Waals surface area (Å²) in [5.41, 5.74) is 2.63. The van der Waals surface area contributed by atoms with E-state index in [1.165, 1.54) is 18.2 Å². The summed E-state index contributed by atoms with van der Waals surface area (Å²) < 4.78 is 41.9. The molecule has 0 aliphatic rings. The highest BCUT2D eigenvalue weighted by molar-refractivity contribution is 6.30. The van der Waals surface area contributed by atoms with Crippen LogP contribution in [0.4, 0.5) is 30.6 Å². The minimum atomic E-state index is -4.77. The van der Waals surface area contributed by atoms with Crippen molar-refractivity contribution in [2.45, 2.75) is 39.6 Å². The number of benzene rings is 2. The van der Waals surface area contributed by atoms with Crippen molar-refractivity contribution in [2.75, 3.05) is 10.6 Å². The molecule has 0 spiro atoms. The fraction of sp³-hybridized carbons (Fsp3) is 0.273. The van der Waals surface area contributed by atoms with Crippen LogP contribution in [0, 0.1) is 6.92 Å². The van der Waals surface area contributed by atoms with Crippen molar-refractivity contribution in [1.82, 2.24) is 9.97 Å². The molecule has 0 amide bonds. The lowest BCUT2D eigenvalue weighted by Gasteiger charge is -2.16. The SMILES string of the molecule is CC[C@@H](C)Nc1nc(Nc2cc(Cl)ccc2C)cc(-c2cccc(OC(F)(F)F)c2)n1. The van der Waals surface area contributed by atoms with Gasteiger partial charge in [-0.05, 0) is 50.1 Å². The summed E-state index contributed by atoms with van der Waals surface area (Å²) in [7, 11) is 0. The summed E-state index contributed by atoms with van der Waals surface area (Å²) in [5.74, 6) is 0.514. The van der Waals surface area contributed by atoms with Gasteiger partial charge in [-0.2, -0.15) is 4.98 Å². The van der Waals surface area contributed by atoms with Gasteiger partial charge in [0, 0.05) is 28.4 Å². The molecule has 0 saturated heterocycles. The third kappa shape index (κ3) is 6.49. The van der Waals surface area contributed by atoms with E-state index < -0.39 is 6.36 Å². The smallest absolute Gasteiger partial charge is 0.406 e. The molecule has 2 N–H and O–H groups in total.